The molecule has 0 saturated heterocycles. The molecule has 1 heterocycles. The zero-order chi connectivity index (χ0) is 15.2. The van der Waals surface area contributed by atoms with Gasteiger partial charge >= 0.3 is 0 Å². The summed E-state index contributed by atoms with van der Waals surface area (Å²) >= 11 is 0. The molecule has 0 aromatic carbocycles. The summed E-state index contributed by atoms with van der Waals surface area (Å²) in [6.45, 7) is 4.51. The minimum Gasteiger partial charge on any atom is -0.316 e. The highest BCUT2D eigenvalue weighted by molar-refractivity contribution is 5.00. The Kier molecular flexibility index (Phi) is 11.2. The standard InChI is InChI=1S/C18H35N3/c1-3-4-5-6-7-8-9-10-11-12-15-19-16-13-18-14-17-20-21(18)2/h14,17,19H,3-13,15-16H2,1-2H3. The summed E-state index contributed by atoms with van der Waals surface area (Å²) in [4.78, 5) is 0. The molecule has 122 valence electrons. The Labute approximate surface area is 131 Å². The number of unbranched alkanes of at least 4 members (excludes halogenated alkanes) is 9. The molecule has 1 N–H and O–H groups in total. The van der Waals surface area contributed by atoms with E-state index in [1.165, 1.54) is 69.9 Å². The van der Waals surface area contributed by atoms with E-state index in [1.54, 1.807) is 0 Å². The van der Waals surface area contributed by atoms with Gasteiger partial charge in [0, 0.05) is 31.9 Å². The highest BCUT2D eigenvalue weighted by Gasteiger charge is 1.97. The van der Waals surface area contributed by atoms with Gasteiger partial charge in [0.05, 0.1) is 0 Å². The van der Waals surface area contributed by atoms with E-state index >= 15 is 0 Å². The van der Waals surface area contributed by atoms with Crippen LogP contribution < -0.4 is 5.32 Å². The van der Waals surface area contributed by atoms with Gasteiger partial charge in [-0.1, -0.05) is 64.7 Å². The summed E-state index contributed by atoms with van der Waals surface area (Å²) in [5.74, 6) is 0. The molecule has 0 atom stereocenters. The van der Waals surface area contributed by atoms with Crippen LogP contribution in [-0.2, 0) is 13.5 Å². The van der Waals surface area contributed by atoms with E-state index < -0.39 is 0 Å². The first-order chi connectivity index (χ1) is 10.3. The minimum atomic E-state index is 1.07. The fourth-order valence-electron chi connectivity index (χ4n) is 2.73. The molecule has 0 spiro atoms. The van der Waals surface area contributed by atoms with Gasteiger partial charge in [0.25, 0.3) is 0 Å². The monoisotopic (exact) mass is 293 g/mol. The van der Waals surface area contributed by atoms with Crippen LogP contribution in [0, 0.1) is 0 Å². The molecule has 0 radical (unpaired) electrons. The Hall–Kier alpha value is -0.830. The second-order valence-electron chi connectivity index (χ2n) is 6.13. The zero-order valence-corrected chi connectivity index (χ0v) is 14.2. The van der Waals surface area contributed by atoms with E-state index in [2.05, 4.69) is 23.4 Å². The van der Waals surface area contributed by atoms with Crippen LogP contribution in [0.15, 0.2) is 12.3 Å². The lowest BCUT2D eigenvalue weighted by Gasteiger charge is -2.05. The fraction of sp³-hybridized carbons (Fsp3) is 0.833. The van der Waals surface area contributed by atoms with Crippen molar-refractivity contribution in [3.8, 4) is 0 Å². The predicted octanol–water partition coefficient (Wildman–Crippen LogP) is 4.47. The van der Waals surface area contributed by atoms with Crippen molar-refractivity contribution in [2.24, 2.45) is 7.05 Å². The number of aryl methyl sites for hydroxylation is 1. The number of rotatable bonds is 14. The number of aromatic nitrogens is 2. The van der Waals surface area contributed by atoms with Crippen LogP contribution in [0.4, 0.5) is 0 Å². The van der Waals surface area contributed by atoms with Gasteiger partial charge in [-0.25, -0.2) is 0 Å². The average molecular weight is 293 g/mol. The first-order valence-corrected chi connectivity index (χ1v) is 9.02. The minimum absolute atomic E-state index is 1.07. The zero-order valence-electron chi connectivity index (χ0n) is 14.2. The Bertz CT molecular complexity index is 333. The van der Waals surface area contributed by atoms with E-state index in [4.69, 9.17) is 0 Å². The topological polar surface area (TPSA) is 29.9 Å². The Morgan fingerprint density at radius 2 is 1.52 bits per heavy atom. The van der Waals surface area contributed by atoms with E-state index in [1.807, 2.05) is 17.9 Å². The maximum Gasteiger partial charge on any atom is 0.0492 e. The van der Waals surface area contributed by atoms with Crippen LogP contribution in [0.2, 0.25) is 0 Å². The molecule has 0 fully saturated rings. The van der Waals surface area contributed by atoms with Gasteiger partial charge in [0.1, 0.15) is 0 Å². The molecule has 3 heteroatoms. The summed E-state index contributed by atoms with van der Waals surface area (Å²) < 4.78 is 1.96. The molecule has 3 nitrogen and oxygen atoms in total. The fourth-order valence-corrected chi connectivity index (χ4v) is 2.73. The maximum atomic E-state index is 4.19. The van der Waals surface area contributed by atoms with Gasteiger partial charge in [0.2, 0.25) is 0 Å². The Morgan fingerprint density at radius 3 is 2.10 bits per heavy atom. The summed E-state index contributed by atoms with van der Waals surface area (Å²) in [5, 5.41) is 7.72. The number of nitrogens with one attached hydrogen (secondary N) is 1. The molecule has 1 aromatic heterocycles. The van der Waals surface area contributed by atoms with Crippen LogP contribution in [0.3, 0.4) is 0 Å². The van der Waals surface area contributed by atoms with Gasteiger partial charge in [-0.2, -0.15) is 5.10 Å². The van der Waals surface area contributed by atoms with E-state index in [0.29, 0.717) is 0 Å². The van der Waals surface area contributed by atoms with Crippen molar-refractivity contribution in [1.82, 2.24) is 15.1 Å². The number of hydrogen-bond donors (Lipinski definition) is 1. The summed E-state index contributed by atoms with van der Waals surface area (Å²) in [6.07, 6.45) is 17.1. The maximum absolute atomic E-state index is 4.19. The SMILES string of the molecule is CCCCCCCCCCCCNCCc1ccnn1C. The van der Waals surface area contributed by atoms with Crippen molar-refractivity contribution in [2.75, 3.05) is 13.1 Å². The molecule has 0 aliphatic carbocycles. The molecule has 0 aliphatic rings. The Balaban J connectivity index is 1.76. The lowest BCUT2D eigenvalue weighted by atomic mass is 10.1. The van der Waals surface area contributed by atoms with Crippen molar-refractivity contribution >= 4 is 0 Å². The molecule has 21 heavy (non-hydrogen) atoms. The third-order valence-corrected chi connectivity index (χ3v) is 4.19. The highest BCUT2D eigenvalue weighted by atomic mass is 15.3. The third-order valence-electron chi connectivity index (χ3n) is 4.19. The predicted molar refractivity (Wildman–Crippen MR) is 91.6 cm³/mol. The normalized spacial score (nSPS) is 11.1. The molecule has 0 saturated carbocycles. The van der Waals surface area contributed by atoms with Gasteiger partial charge in [0.15, 0.2) is 0 Å². The van der Waals surface area contributed by atoms with Gasteiger partial charge in [-0.05, 0) is 19.0 Å². The lowest BCUT2D eigenvalue weighted by Crippen LogP contribution is -2.19. The number of nitrogens with zero attached hydrogens (tertiary/aromatic N) is 2. The van der Waals surface area contributed by atoms with Crippen molar-refractivity contribution in [3.63, 3.8) is 0 Å². The smallest absolute Gasteiger partial charge is 0.0492 e. The molecule has 0 aliphatic heterocycles. The first kappa shape index (κ1) is 18.2. The largest absolute Gasteiger partial charge is 0.316 e. The first-order valence-electron chi connectivity index (χ1n) is 9.02. The molecule has 1 aromatic rings. The molecule has 0 unspecified atom stereocenters. The van der Waals surface area contributed by atoms with Gasteiger partial charge in [-0.15, -0.1) is 0 Å². The summed E-state index contributed by atoms with van der Waals surface area (Å²) in [7, 11) is 2.01. The van der Waals surface area contributed by atoms with Crippen LogP contribution in [0.5, 0.6) is 0 Å². The number of hydrogen-bond acceptors (Lipinski definition) is 2. The van der Waals surface area contributed by atoms with Crippen molar-refractivity contribution in [1.29, 1.82) is 0 Å². The second kappa shape index (κ2) is 12.9. The van der Waals surface area contributed by atoms with E-state index in [-0.39, 0.29) is 0 Å². The highest BCUT2D eigenvalue weighted by Crippen LogP contribution is 2.10. The van der Waals surface area contributed by atoms with Gasteiger partial charge in [-0.3, -0.25) is 4.68 Å². The second-order valence-corrected chi connectivity index (χ2v) is 6.13. The molecular formula is C18H35N3. The van der Waals surface area contributed by atoms with Crippen molar-refractivity contribution in [3.05, 3.63) is 18.0 Å². The summed E-state index contributed by atoms with van der Waals surface area (Å²) in [5.41, 5.74) is 1.31. The van der Waals surface area contributed by atoms with Crippen LogP contribution in [-0.4, -0.2) is 22.9 Å². The van der Waals surface area contributed by atoms with Crippen molar-refractivity contribution < 1.29 is 0 Å². The molecule has 1 rings (SSSR count). The lowest BCUT2D eigenvalue weighted by molar-refractivity contribution is 0.542. The van der Waals surface area contributed by atoms with Crippen LogP contribution >= 0.6 is 0 Å². The summed E-state index contributed by atoms with van der Waals surface area (Å²) in [6, 6.07) is 2.10. The van der Waals surface area contributed by atoms with E-state index in [9.17, 15) is 0 Å². The molecule has 0 bridgehead atoms. The van der Waals surface area contributed by atoms with Crippen molar-refractivity contribution in [2.45, 2.75) is 77.6 Å². The van der Waals surface area contributed by atoms with Crippen LogP contribution in [0.1, 0.15) is 76.8 Å². The Morgan fingerprint density at radius 1 is 0.905 bits per heavy atom. The quantitative estimate of drug-likeness (QED) is 0.513. The third kappa shape index (κ3) is 9.67. The average Bonchev–Trinajstić information content (AvgIpc) is 2.89. The molecular weight excluding hydrogens is 258 g/mol. The van der Waals surface area contributed by atoms with Gasteiger partial charge < -0.3 is 5.32 Å². The van der Waals surface area contributed by atoms with E-state index in [0.717, 1.165) is 19.5 Å². The van der Waals surface area contributed by atoms with Crippen LogP contribution in [0.25, 0.3) is 0 Å². The molecule has 0 amide bonds.